The predicted molar refractivity (Wildman–Crippen MR) is 87.6 cm³/mol. The third kappa shape index (κ3) is 2.87. The molecule has 0 aliphatic carbocycles. The maximum absolute atomic E-state index is 14.7. The number of anilines is 1. The second-order valence-corrected chi connectivity index (χ2v) is 4.57. The topological polar surface area (TPSA) is 38.9 Å². The molecule has 0 radical (unpaired) electrons. The second-order valence-electron chi connectivity index (χ2n) is 4.57. The van der Waals surface area contributed by atoms with E-state index in [1.165, 1.54) is 0 Å². The zero-order chi connectivity index (χ0) is 15.4. The third-order valence-electron chi connectivity index (χ3n) is 3.17. The van der Waals surface area contributed by atoms with Gasteiger partial charge in [-0.05, 0) is 24.6 Å². The van der Waals surface area contributed by atoms with Gasteiger partial charge in [0.2, 0.25) is 0 Å². The van der Waals surface area contributed by atoms with E-state index in [-0.39, 0.29) is 11.6 Å². The van der Waals surface area contributed by atoms with Crippen molar-refractivity contribution in [2.75, 3.05) is 5.73 Å². The van der Waals surface area contributed by atoms with Crippen molar-refractivity contribution in [3.8, 4) is 11.1 Å². The van der Waals surface area contributed by atoms with Crippen molar-refractivity contribution in [3.05, 3.63) is 59.9 Å². The van der Waals surface area contributed by atoms with E-state index < -0.39 is 0 Å². The first-order valence-corrected chi connectivity index (χ1v) is 7.07. The Kier molecular flexibility index (Phi) is 4.53. The first-order valence-electron chi connectivity index (χ1n) is 7.07. The van der Waals surface area contributed by atoms with Crippen LogP contribution in [0.1, 0.15) is 19.4 Å². The molecule has 1 aromatic heterocycles. The van der Waals surface area contributed by atoms with Crippen molar-refractivity contribution in [2.24, 2.45) is 0 Å². The SMILES string of the molecule is CC.Cc1ccc2nc(N)c(-c3ccccc3)c(F)c2c1. The standard InChI is InChI=1S/C16H13FN2.C2H6/c1-10-7-8-13-12(9-10)15(17)14(16(18)19-13)11-5-3-2-4-6-11;1-2/h2-9H,1H3,(H2,18,19);1-2H3. The summed E-state index contributed by atoms with van der Waals surface area (Å²) in [5.41, 5.74) is 8.60. The van der Waals surface area contributed by atoms with Crippen LogP contribution < -0.4 is 5.73 Å². The fourth-order valence-corrected chi connectivity index (χ4v) is 2.24. The van der Waals surface area contributed by atoms with E-state index in [0.29, 0.717) is 16.5 Å². The molecule has 0 unspecified atom stereocenters. The highest BCUT2D eigenvalue weighted by molar-refractivity contribution is 5.90. The summed E-state index contributed by atoms with van der Waals surface area (Å²) in [5, 5.41) is 0.507. The first-order chi connectivity index (χ1) is 10.2. The molecule has 2 N–H and O–H groups in total. The van der Waals surface area contributed by atoms with Crippen LogP contribution in [0.4, 0.5) is 10.2 Å². The number of nitrogens with two attached hydrogens (primary N) is 1. The summed E-state index contributed by atoms with van der Waals surface area (Å²) in [4.78, 5) is 4.29. The van der Waals surface area contributed by atoms with Gasteiger partial charge >= 0.3 is 0 Å². The monoisotopic (exact) mass is 282 g/mol. The number of halogens is 1. The van der Waals surface area contributed by atoms with Gasteiger partial charge in [0.05, 0.1) is 11.1 Å². The smallest absolute Gasteiger partial charge is 0.144 e. The lowest BCUT2D eigenvalue weighted by molar-refractivity contribution is 0.642. The van der Waals surface area contributed by atoms with Crippen LogP contribution in [0.25, 0.3) is 22.0 Å². The number of hydrogen-bond acceptors (Lipinski definition) is 2. The summed E-state index contributed by atoms with van der Waals surface area (Å²) in [7, 11) is 0. The Bertz CT molecular complexity index is 752. The summed E-state index contributed by atoms with van der Waals surface area (Å²) in [5.74, 6) is -0.0857. The van der Waals surface area contributed by atoms with Gasteiger partial charge in [0.15, 0.2) is 0 Å². The molecule has 21 heavy (non-hydrogen) atoms. The molecule has 2 aromatic carbocycles. The van der Waals surface area contributed by atoms with Crippen LogP contribution in [0.5, 0.6) is 0 Å². The second kappa shape index (κ2) is 6.35. The van der Waals surface area contributed by atoms with Crippen LogP contribution in [0.3, 0.4) is 0 Å². The molecule has 0 amide bonds. The highest BCUT2D eigenvalue weighted by atomic mass is 19.1. The van der Waals surface area contributed by atoms with E-state index in [2.05, 4.69) is 4.98 Å². The van der Waals surface area contributed by atoms with Gasteiger partial charge in [-0.25, -0.2) is 9.37 Å². The van der Waals surface area contributed by atoms with Crippen molar-refractivity contribution in [1.29, 1.82) is 0 Å². The summed E-state index contributed by atoms with van der Waals surface area (Å²) in [6, 6.07) is 14.7. The molecular formula is C18H19FN2. The molecule has 3 aromatic rings. The lowest BCUT2D eigenvalue weighted by Crippen LogP contribution is -1.99. The van der Waals surface area contributed by atoms with Gasteiger partial charge < -0.3 is 5.73 Å². The number of hydrogen-bond donors (Lipinski definition) is 1. The maximum Gasteiger partial charge on any atom is 0.144 e. The highest BCUT2D eigenvalue weighted by Gasteiger charge is 2.14. The van der Waals surface area contributed by atoms with Crippen LogP contribution in [-0.2, 0) is 0 Å². The third-order valence-corrected chi connectivity index (χ3v) is 3.17. The predicted octanol–water partition coefficient (Wildman–Crippen LogP) is 4.96. The Morgan fingerprint density at radius 2 is 1.67 bits per heavy atom. The molecule has 108 valence electrons. The van der Waals surface area contributed by atoms with E-state index in [9.17, 15) is 4.39 Å². The summed E-state index contributed by atoms with van der Waals surface area (Å²) >= 11 is 0. The minimum Gasteiger partial charge on any atom is -0.383 e. The number of benzene rings is 2. The Hall–Kier alpha value is -2.42. The minimum absolute atomic E-state index is 0.222. The quantitative estimate of drug-likeness (QED) is 0.685. The fraction of sp³-hybridized carbons (Fsp3) is 0.167. The molecule has 0 aliphatic heterocycles. The number of pyridine rings is 1. The van der Waals surface area contributed by atoms with Crippen LogP contribution >= 0.6 is 0 Å². The Morgan fingerprint density at radius 1 is 1.00 bits per heavy atom. The molecule has 0 saturated heterocycles. The number of nitrogen functional groups attached to an aromatic ring is 1. The van der Waals surface area contributed by atoms with Gasteiger partial charge in [0.1, 0.15) is 11.6 Å². The van der Waals surface area contributed by atoms with Gasteiger partial charge in [-0.2, -0.15) is 0 Å². The molecule has 0 spiro atoms. The molecule has 1 heterocycles. The van der Waals surface area contributed by atoms with Gasteiger partial charge in [-0.15, -0.1) is 0 Å². The van der Waals surface area contributed by atoms with E-state index >= 15 is 0 Å². The number of fused-ring (bicyclic) bond motifs is 1. The Labute approximate surface area is 124 Å². The molecule has 3 rings (SSSR count). The number of aromatic nitrogens is 1. The van der Waals surface area contributed by atoms with Crippen LogP contribution in [0.2, 0.25) is 0 Å². The molecule has 0 saturated carbocycles. The van der Waals surface area contributed by atoms with Crippen molar-refractivity contribution in [1.82, 2.24) is 4.98 Å². The van der Waals surface area contributed by atoms with Crippen LogP contribution in [0, 0.1) is 12.7 Å². The normalized spacial score (nSPS) is 10.1. The maximum atomic E-state index is 14.7. The lowest BCUT2D eigenvalue weighted by Gasteiger charge is -2.10. The molecule has 2 nitrogen and oxygen atoms in total. The fourth-order valence-electron chi connectivity index (χ4n) is 2.24. The molecule has 0 bridgehead atoms. The zero-order valence-corrected chi connectivity index (χ0v) is 12.5. The molecule has 0 atom stereocenters. The van der Waals surface area contributed by atoms with E-state index in [0.717, 1.165) is 11.1 Å². The van der Waals surface area contributed by atoms with Crippen molar-refractivity contribution in [3.63, 3.8) is 0 Å². The molecule has 0 fully saturated rings. The first kappa shape index (κ1) is 15.0. The van der Waals surface area contributed by atoms with E-state index in [1.54, 1.807) is 12.1 Å². The van der Waals surface area contributed by atoms with E-state index in [1.807, 2.05) is 57.2 Å². The summed E-state index contributed by atoms with van der Waals surface area (Å²) in [6.45, 7) is 5.93. The lowest BCUT2D eigenvalue weighted by atomic mass is 10.0. The highest BCUT2D eigenvalue weighted by Crippen LogP contribution is 2.32. The van der Waals surface area contributed by atoms with Gasteiger partial charge in [0.25, 0.3) is 0 Å². The Balaban J connectivity index is 0.000000774. The number of aryl methyl sites for hydroxylation is 1. The van der Waals surface area contributed by atoms with E-state index in [4.69, 9.17) is 5.73 Å². The Morgan fingerprint density at radius 3 is 2.33 bits per heavy atom. The summed E-state index contributed by atoms with van der Waals surface area (Å²) in [6.07, 6.45) is 0. The largest absolute Gasteiger partial charge is 0.383 e. The molecule has 0 aliphatic rings. The number of rotatable bonds is 1. The van der Waals surface area contributed by atoms with Gasteiger partial charge in [-0.1, -0.05) is 55.8 Å². The summed E-state index contributed by atoms with van der Waals surface area (Å²) < 4.78 is 14.7. The molecular weight excluding hydrogens is 263 g/mol. The van der Waals surface area contributed by atoms with Crippen molar-refractivity contribution in [2.45, 2.75) is 20.8 Å². The van der Waals surface area contributed by atoms with Crippen molar-refractivity contribution < 1.29 is 4.39 Å². The molecule has 3 heteroatoms. The van der Waals surface area contributed by atoms with Crippen molar-refractivity contribution >= 4 is 16.7 Å². The van der Waals surface area contributed by atoms with Gasteiger partial charge in [-0.3, -0.25) is 0 Å². The average molecular weight is 282 g/mol. The van der Waals surface area contributed by atoms with Crippen LogP contribution in [-0.4, -0.2) is 4.98 Å². The minimum atomic E-state index is -0.308. The van der Waals surface area contributed by atoms with Crippen LogP contribution in [0.15, 0.2) is 48.5 Å². The zero-order valence-electron chi connectivity index (χ0n) is 12.5. The van der Waals surface area contributed by atoms with Gasteiger partial charge in [0, 0.05) is 5.39 Å². The average Bonchev–Trinajstić information content (AvgIpc) is 2.51. The number of nitrogens with zero attached hydrogens (tertiary/aromatic N) is 1.